The summed E-state index contributed by atoms with van der Waals surface area (Å²) in [5.41, 5.74) is 0.419. The number of nitrogens with one attached hydrogen (secondary N) is 1. The number of carbonyl (C=O) groups is 1. The summed E-state index contributed by atoms with van der Waals surface area (Å²) in [5.74, 6) is -0.309. The summed E-state index contributed by atoms with van der Waals surface area (Å²) < 4.78 is 40.0. The smallest absolute Gasteiger partial charge is 0.340 e. The van der Waals surface area contributed by atoms with Gasteiger partial charge in [-0.1, -0.05) is 12.1 Å². The maximum atomic E-state index is 13.3. The zero-order valence-electron chi connectivity index (χ0n) is 13.0. The summed E-state index contributed by atoms with van der Waals surface area (Å²) in [6.07, 6.45) is -2.71. The Morgan fingerprint density at radius 2 is 2.20 bits per heavy atom. The highest BCUT2D eigenvalue weighted by atomic mass is 32.1. The fourth-order valence-corrected chi connectivity index (χ4v) is 3.43. The summed E-state index contributed by atoms with van der Waals surface area (Å²) in [4.78, 5) is 16.4. The van der Waals surface area contributed by atoms with Gasteiger partial charge in [0, 0.05) is 11.3 Å². The molecule has 1 aromatic carbocycles. The highest BCUT2D eigenvalue weighted by Gasteiger charge is 2.42. The first kappa shape index (κ1) is 17.4. The van der Waals surface area contributed by atoms with Crippen LogP contribution < -0.4 is 5.32 Å². The van der Waals surface area contributed by atoms with Gasteiger partial charge in [-0.3, -0.25) is 4.79 Å². The van der Waals surface area contributed by atoms with Crippen LogP contribution in [0.2, 0.25) is 0 Å². The van der Waals surface area contributed by atoms with E-state index in [0.717, 1.165) is 23.9 Å². The van der Waals surface area contributed by atoms with Gasteiger partial charge in [0.1, 0.15) is 0 Å². The molecule has 1 atom stereocenters. The standard InChI is InChI=1S/C17H14F3N3OS/c18-17(19,20)15(12-3-1-2-10(6-12)8-21)23-14(24)7-13-9-25-16(22-13)11-4-5-11/h1-3,6,9,11,15H,4-5,7H2,(H,23,24). The molecule has 1 saturated carbocycles. The number of nitriles is 1. The Bertz CT molecular complexity index is 821. The molecule has 0 radical (unpaired) electrons. The number of alkyl halides is 3. The molecule has 1 unspecified atom stereocenters. The number of benzene rings is 1. The predicted octanol–water partition coefficient (Wildman–Crippen LogP) is 3.85. The summed E-state index contributed by atoms with van der Waals surface area (Å²) >= 11 is 1.44. The molecule has 2 aromatic rings. The second kappa shape index (κ2) is 6.84. The van der Waals surface area contributed by atoms with Gasteiger partial charge in [-0.05, 0) is 30.5 Å². The van der Waals surface area contributed by atoms with E-state index in [1.807, 2.05) is 5.32 Å². The number of rotatable bonds is 5. The quantitative estimate of drug-likeness (QED) is 0.875. The van der Waals surface area contributed by atoms with E-state index in [1.165, 1.54) is 29.5 Å². The number of halogens is 3. The lowest BCUT2D eigenvalue weighted by atomic mass is 10.0. The molecule has 1 aliphatic rings. The van der Waals surface area contributed by atoms with E-state index in [0.29, 0.717) is 11.6 Å². The second-order valence-corrected chi connectivity index (χ2v) is 6.80. The molecule has 3 rings (SSSR count). The normalized spacial score (nSPS) is 15.4. The molecule has 4 nitrogen and oxygen atoms in total. The molecule has 0 spiro atoms. The third kappa shape index (κ3) is 4.37. The fraction of sp³-hybridized carbons (Fsp3) is 0.353. The Morgan fingerprint density at radius 3 is 2.84 bits per heavy atom. The minimum absolute atomic E-state index is 0.106. The molecule has 25 heavy (non-hydrogen) atoms. The van der Waals surface area contributed by atoms with Gasteiger partial charge in [-0.2, -0.15) is 18.4 Å². The minimum Gasteiger partial charge on any atom is -0.340 e. The molecule has 1 aliphatic carbocycles. The zero-order valence-corrected chi connectivity index (χ0v) is 13.8. The van der Waals surface area contributed by atoms with Crippen LogP contribution in [0.4, 0.5) is 13.2 Å². The van der Waals surface area contributed by atoms with Gasteiger partial charge in [-0.25, -0.2) is 4.98 Å². The first-order valence-electron chi connectivity index (χ1n) is 7.67. The van der Waals surface area contributed by atoms with E-state index in [4.69, 9.17) is 5.26 Å². The Hall–Kier alpha value is -2.40. The van der Waals surface area contributed by atoms with Crippen molar-refractivity contribution in [1.29, 1.82) is 5.26 Å². The number of thiazole rings is 1. The van der Waals surface area contributed by atoms with Crippen molar-refractivity contribution >= 4 is 17.2 Å². The lowest BCUT2D eigenvalue weighted by molar-refractivity contribution is -0.163. The third-order valence-electron chi connectivity index (χ3n) is 3.82. The molecule has 1 N–H and O–H groups in total. The van der Waals surface area contributed by atoms with E-state index in [2.05, 4.69) is 4.98 Å². The second-order valence-electron chi connectivity index (χ2n) is 5.91. The van der Waals surface area contributed by atoms with Gasteiger partial charge in [0.05, 0.1) is 28.8 Å². The fourth-order valence-electron chi connectivity index (χ4n) is 2.44. The van der Waals surface area contributed by atoms with Crippen LogP contribution >= 0.6 is 11.3 Å². The van der Waals surface area contributed by atoms with Crippen molar-refractivity contribution in [3.05, 3.63) is 51.5 Å². The average molecular weight is 365 g/mol. The summed E-state index contributed by atoms with van der Waals surface area (Å²) in [6.45, 7) is 0. The van der Waals surface area contributed by atoms with E-state index in [1.54, 1.807) is 11.4 Å². The molecule has 0 aliphatic heterocycles. The first-order chi connectivity index (χ1) is 11.9. The van der Waals surface area contributed by atoms with Crippen LogP contribution in [0.25, 0.3) is 0 Å². The Balaban J connectivity index is 1.73. The summed E-state index contributed by atoms with van der Waals surface area (Å²) in [5, 5.41) is 13.5. The molecule has 8 heteroatoms. The molecule has 1 aromatic heterocycles. The van der Waals surface area contributed by atoms with Crippen molar-refractivity contribution in [2.75, 3.05) is 0 Å². The van der Waals surface area contributed by atoms with Crippen molar-refractivity contribution in [1.82, 2.24) is 10.3 Å². The van der Waals surface area contributed by atoms with Crippen LogP contribution in [0.15, 0.2) is 29.6 Å². The van der Waals surface area contributed by atoms with Crippen molar-refractivity contribution < 1.29 is 18.0 Å². The zero-order chi connectivity index (χ0) is 18.0. The van der Waals surface area contributed by atoms with Crippen LogP contribution in [0.5, 0.6) is 0 Å². The van der Waals surface area contributed by atoms with E-state index in [9.17, 15) is 18.0 Å². The van der Waals surface area contributed by atoms with Crippen molar-refractivity contribution in [2.24, 2.45) is 0 Å². The molecule has 1 fully saturated rings. The van der Waals surface area contributed by atoms with Gasteiger partial charge >= 0.3 is 6.18 Å². The van der Waals surface area contributed by atoms with E-state index in [-0.39, 0.29) is 17.5 Å². The monoisotopic (exact) mass is 365 g/mol. The summed E-state index contributed by atoms with van der Waals surface area (Å²) in [7, 11) is 0. The maximum absolute atomic E-state index is 13.3. The van der Waals surface area contributed by atoms with Crippen LogP contribution in [0, 0.1) is 11.3 Å². The Morgan fingerprint density at radius 1 is 1.44 bits per heavy atom. The number of hydrogen-bond acceptors (Lipinski definition) is 4. The van der Waals surface area contributed by atoms with Gasteiger partial charge in [0.15, 0.2) is 6.04 Å². The lowest BCUT2D eigenvalue weighted by Gasteiger charge is -2.22. The minimum atomic E-state index is -4.66. The number of amides is 1. The van der Waals surface area contributed by atoms with Crippen LogP contribution in [-0.4, -0.2) is 17.1 Å². The predicted molar refractivity (Wildman–Crippen MR) is 85.9 cm³/mol. The van der Waals surface area contributed by atoms with Crippen molar-refractivity contribution in [3.63, 3.8) is 0 Å². The highest BCUT2D eigenvalue weighted by molar-refractivity contribution is 7.09. The number of aromatic nitrogens is 1. The SMILES string of the molecule is N#Cc1cccc(C(NC(=O)Cc2csc(C3CC3)n2)C(F)(F)F)c1. The van der Waals surface area contributed by atoms with E-state index >= 15 is 0 Å². The molecular formula is C17H14F3N3OS. The van der Waals surface area contributed by atoms with Gasteiger partial charge in [0.2, 0.25) is 5.91 Å². The molecule has 0 bridgehead atoms. The molecular weight excluding hydrogens is 351 g/mol. The molecule has 130 valence electrons. The topological polar surface area (TPSA) is 65.8 Å². The van der Waals surface area contributed by atoms with Crippen LogP contribution in [0.3, 0.4) is 0 Å². The largest absolute Gasteiger partial charge is 0.412 e. The maximum Gasteiger partial charge on any atom is 0.412 e. The summed E-state index contributed by atoms with van der Waals surface area (Å²) in [6, 6.07) is 4.79. The van der Waals surface area contributed by atoms with Crippen LogP contribution in [-0.2, 0) is 11.2 Å². The number of carbonyl (C=O) groups excluding carboxylic acids is 1. The van der Waals surface area contributed by atoms with Crippen molar-refractivity contribution in [2.45, 2.75) is 37.4 Å². The van der Waals surface area contributed by atoms with Gasteiger partial charge < -0.3 is 5.32 Å². The molecule has 1 amide bonds. The van der Waals surface area contributed by atoms with Gasteiger partial charge in [0.25, 0.3) is 0 Å². The number of nitrogens with zero attached hydrogens (tertiary/aromatic N) is 2. The third-order valence-corrected chi connectivity index (χ3v) is 4.88. The highest BCUT2D eigenvalue weighted by Crippen LogP contribution is 2.41. The van der Waals surface area contributed by atoms with Crippen molar-refractivity contribution in [3.8, 4) is 6.07 Å². The number of hydrogen-bond donors (Lipinski definition) is 1. The molecule has 0 saturated heterocycles. The van der Waals surface area contributed by atoms with Gasteiger partial charge in [-0.15, -0.1) is 11.3 Å². The Labute approximate surface area is 146 Å². The average Bonchev–Trinajstić information content (AvgIpc) is 3.32. The molecule has 1 heterocycles. The Kier molecular flexibility index (Phi) is 4.77. The lowest BCUT2D eigenvalue weighted by Crippen LogP contribution is -2.39. The first-order valence-corrected chi connectivity index (χ1v) is 8.55. The van der Waals surface area contributed by atoms with Crippen LogP contribution in [0.1, 0.15) is 46.6 Å². The van der Waals surface area contributed by atoms with E-state index < -0.39 is 18.1 Å².